The standard InChI is InChI=1S/C12H9FN4O/c1-18-10-3-2-9-12(16-10)17-11(15-9)7-4-5-14-6-8(7)13/h2-6H,1H3,(H,15,16,17). The Morgan fingerprint density at radius 1 is 1.22 bits per heavy atom. The second kappa shape index (κ2) is 4.06. The van der Waals surface area contributed by atoms with Crippen molar-refractivity contribution < 1.29 is 9.13 Å². The first kappa shape index (κ1) is 10.6. The molecule has 6 heteroatoms. The number of halogens is 1. The number of methoxy groups -OCH3 is 1. The fraction of sp³-hybridized carbons (Fsp3) is 0.0833. The van der Waals surface area contributed by atoms with Crippen LogP contribution in [0.3, 0.4) is 0 Å². The summed E-state index contributed by atoms with van der Waals surface area (Å²) >= 11 is 0. The van der Waals surface area contributed by atoms with Crippen LogP contribution in [-0.2, 0) is 0 Å². The van der Waals surface area contributed by atoms with E-state index in [1.165, 1.54) is 13.3 Å². The molecule has 3 heterocycles. The van der Waals surface area contributed by atoms with Gasteiger partial charge in [0.15, 0.2) is 11.5 Å². The highest BCUT2D eigenvalue weighted by molar-refractivity contribution is 5.76. The van der Waals surface area contributed by atoms with Crippen LogP contribution in [0.5, 0.6) is 5.88 Å². The van der Waals surface area contributed by atoms with Crippen LogP contribution in [0.15, 0.2) is 30.6 Å². The fourth-order valence-corrected chi connectivity index (χ4v) is 1.68. The molecule has 0 aliphatic rings. The van der Waals surface area contributed by atoms with Crippen LogP contribution in [0.2, 0.25) is 0 Å². The topological polar surface area (TPSA) is 63.7 Å². The monoisotopic (exact) mass is 244 g/mol. The number of ether oxygens (including phenoxy) is 1. The summed E-state index contributed by atoms with van der Waals surface area (Å²) in [7, 11) is 1.53. The molecule has 3 aromatic rings. The zero-order valence-electron chi connectivity index (χ0n) is 9.51. The summed E-state index contributed by atoms with van der Waals surface area (Å²) in [5, 5.41) is 0. The van der Waals surface area contributed by atoms with Gasteiger partial charge in [-0.1, -0.05) is 0 Å². The number of aromatic nitrogens is 4. The third-order valence-electron chi connectivity index (χ3n) is 2.56. The van der Waals surface area contributed by atoms with Crippen molar-refractivity contribution in [3.05, 3.63) is 36.4 Å². The number of H-pyrrole nitrogens is 1. The molecule has 0 spiro atoms. The van der Waals surface area contributed by atoms with E-state index in [-0.39, 0.29) is 0 Å². The van der Waals surface area contributed by atoms with E-state index in [4.69, 9.17) is 4.74 Å². The van der Waals surface area contributed by atoms with E-state index in [2.05, 4.69) is 19.9 Å². The first-order valence-corrected chi connectivity index (χ1v) is 5.28. The van der Waals surface area contributed by atoms with E-state index in [0.717, 1.165) is 11.7 Å². The summed E-state index contributed by atoms with van der Waals surface area (Å²) in [4.78, 5) is 15.1. The average molecular weight is 244 g/mol. The largest absolute Gasteiger partial charge is 0.481 e. The van der Waals surface area contributed by atoms with Crippen LogP contribution in [0.1, 0.15) is 0 Å². The third kappa shape index (κ3) is 1.67. The van der Waals surface area contributed by atoms with Gasteiger partial charge in [0.25, 0.3) is 0 Å². The lowest BCUT2D eigenvalue weighted by atomic mass is 10.2. The van der Waals surface area contributed by atoms with Gasteiger partial charge >= 0.3 is 0 Å². The Balaban J connectivity index is 2.17. The van der Waals surface area contributed by atoms with Gasteiger partial charge in [-0.15, -0.1) is 0 Å². The zero-order chi connectivity index (χ0) is 12.5. The van der Waals surface area contributed by atoms with Crippen LogP contribution >= 0.6 is 0 Å². The second-order valence-corrected chi connectivity index (χ2v) is 3.67. The second-order valence-electron chi connectivity index (χ2n) is 3.67. The number of nitrogens with one attached hydrogen (secondary N) is 1. The SMILES string of the molecule is COc1ccc2[nH]c(-c3ccncc3F)nc2n1. The van der Waals surface area contributed by atoms with Gasteiger partial charge in [-0.2, -0.15) is 4.98 Å². The van der Waals surface area contributed by atoms with E-state index in [9.17, 15) is 4.39 Å². The van der Waals surface area contributed by atoms with Crippen molar-refractivity contribution in [1.29, 1.82) is 0 Å². The molecule has 5 nitrogen and oxygen atoms in total. The average Bonchev–Trinajstić information content (AvgIpc) is 2.81. The van der Waals surface area contributed by atoms with Gasteiger partial charge in [0, 0.05) is 12.3 Å². The molecule has 18 heavy (non-hydrogen) atoms. The van der Waals surface area contributed by atoms with Crippen LogP contribution in [0, 0.1) is 5.82 Å². The molecular formula is C12H9FN4O. The van der Waals surface area contributed by atoms with E-state index >= 15 is 0 Å². The maximum absolute atomic E-state index is 13.6. The van der Waals surface area contributed by atoms with Gasteiger partial charge < -0.3 is 9.72 Å². The maximum atomic E-state index is 13.6. The highest BCUT2D eigenvalue weighted by Gasteiger charge is 2.10. The van der Waals surface area contributed by atoms with E-state index in [1.54, 1.807) is 18.2 Å². The molecule has 3 rings (SSSR count). The zero-order valence-corrected chi connectivity index (χ0v) is 9.51. The molecule has 0 atom stereocenters. The van der Waals surface area contributed by atoms with Crippen LogP contribution < -0.4 is 4.74 Å². The number of hydrogen-bond donors (Lipinski definition) is 1. The summed E-state index contributed by atoms with van der Waals surface area (Å²) < 4.78 is 18.6. The van der Waals surface area contributed by atoms with E-state index in [0.29, 0.717) is 22.9 Å². The van der Waals surface area contributed by atoms with Crippen LogP contribution in [-0.4, -0.2) is 27.0 Å². The van der Waals surface area contributed by atoms with Crippen molar-refractivity contribution in [1.82, 2.24) is 19.9 Å². The van der Waals surface area contributed by atoms with Gasteiger partial charge in [0.1, 0.15) is 5.82 Å². The summed E-state index contributed by atoms with van der Waals surface area (Å²) in [5.74, 6) is 0.463. The quantitative estimate of drug-likeness (QED) is 0.750. The molecule has 0 aromatic carbocycles. The van der Waals surface area contributed by atoms with Crippen molar-refractivity contribution in [3.8, 4) is 17.3 Å². The van der Waals surface area contributed by atoms with Gasteiger partial charge in [0.2, 0.25) is 5.88 Å². The molecule has 0 saturated carbocycles. The van der Waals surface area contributed by atoms with Gasteiger partial charge in [-0.25, -0.2) is 9.37 Å². The lowest BCUT2D eigenvalue weighted by molar-refractivity contribution is 0.399. The summed E-state index contributed by atoms with van der Waals surface area (Å²) in [6.45, 7) is 0. The molecule has 0 bridgehead atoms. The Kier molecular flexibility index (Phi) is 2.40. The molecule has 0 saturated heterocycles. The number of pyridine rings is 2. The number of nitrogens with zero attached hydrogens (tertiary/aromatic N) is 3. The summed E-state index contributed by atoms with van der Waals surface area (Å²) in [6.07, 6.45) is 2.66. The van der Waals surface area contributed by atoms with Gasteiger partial charge in [-0.05, 0) is 12.1 Å². The maximum Gasteiger partial charge on any atom is 0.215 e. The minimum absolute atomic E-state index is 0.363. The fourth-order valence-electron chi connectivity index (χ4n) is 1.68. The molecule has 0 fully saturated rings. The predicted molar refractivity (Wildman–Crippen MR) is 63.6 cm³/mol. The number of aromatic amines is 1. The molecule has 0 amide bonds. The Bertz CT molecular complexity index is 710. The van der Waals surface area contributed by atoms with Crippen molar-refractivity contribution in [3.63, 3.8) is 0 Å². The van der Waals surface area contributed by atoms with Crippen molar-refractivity contribution in [2.75, 3.05) is 7.11 Å². The summed E-state index contributed by atoms with van der Waals surface area (Å²) in [6, 6.07) is 5.06. The molecule has 90 valence electrons. The molecule has 3 aromatic heterocycles. The lowest BCUT2D eigenvalue weighted by Gasteiger charge is -1.96. The molecule has 0 radical (unpaired) electrons. The van der Waals surface area contributed by atoms with Crippen molar-refractivity contribution >= 4 is 11.2 Å². The predicted octanol–water partition coefficient (Wildman–Crippen LogP) is 2.17. The molecule has 1 N–H and O–H groups in total. The van der Waals surface area contributed by atoms with Crippen LogP contribution in [0.4, 0.5) is 4.39 Å². The Labute approximate surface area is 102 Å². The lowest BCUT2D eigenvalue weighted by Crippen LogP contribution is -1.87. The van der Waals surface area contributed by atoms with Crippen molar-refractivity contribution in [2.24, 2.45) is 0 Å². The minimum atomic E-state index is -0.427. The Morgan fingerprint density at radius 2 is 2.11 bits per heavy atom. The van der Waals surface area contributed by atoms with E-state index < -0.39 is 5.82 Å². The Hall–Kier alpha value is -2.50. The number of rotatable bonds is 2. The molecule has 0 aliphatic heterocycles. The molecule has 0 aliphatic carbocycles. The van der Waals surface area contributed by atoms with Gasteiger partial charge in [-0.3, -0.25) is 4.98 Å². The van der Waals surface area contributed by atoms with Crippen molar-refractivity contribution in [2.45, 2.75) is 0 Å². The van der Waals surface area contributed by atoms with Crippen LogP contribution in [0.25, 0.3) is 22.6 Å². The Morgan fingerprint density at radius 3 is 2.89 bits per heavy atom. The minimum Gasteiger partial charge on any atom is -0.481 e. The van der Waals surface area contributed by atoms with E-state index in [1.807, 2.05) is 0 Å². The third-order valence-corrected chi connectivity index (χ3v) is 2.56. The first-order valence-electron chi connectivity index (χ1n) is 5.28. The normalized spacial score (nSPS) is 10.8. The number of imidazole rings is 1. The highest BCUT2D eigenvalue weighted by Crippen LogP contribution is 2.22. The highest BCUT2D eigenvalue weighted by atomic mass is 19.1. The number of hydrogen-bond acceptors (Lipinski definition) is 4. The summed E-state index contributed by atoms with van der Waals surface area (Å²) in [5.41, 5.74) is 1.57. The number of fused-ring (bicyclic) bond motifs is 1. The molecular weight excluding hydrogens is 235 g/mol. The molecule has 0 unspecified atom stereocenters. The smallest absolute Gasteiger partial charge is 0.215 e. The van der Waals surface area contributed by atoms with Gasteiger partial charge in [0.05, 0.1) is 24.4 Å². The first-order chi connectivity index (χ1) is 8.78.